The van der Waals surface area contributed by atoms with Gasteiger partial charge in [-0.3, -0.25) is 37.3 Å². The summed E-state index contributed by atoms with van der Waals surface area (Å²) >= 11 is 0. The summed E-state index contributed by atoms with van der Waals surface area (Å²) in [5, 5.41) is 10.6. The van der Waals surface area contributed by atoms with Crippen LogP contribution in [0.1, 0.15) is 357 Å². The van der Waals surface area contributed by atoms with Crippen LogP contribution in [-0.4, -0.2) is 96.7 Å². The van der Waals surface area contributed by atoms with Crippen molar-refractivity contribution in [2.75, 3.05) is 39.6 Å². The Morgan fingerprint density at radius 1 is 0.351 bits per heavy atom. The minimum atomic E-state index is -4.96. The maximum Gasteiger partial charge on any atom is 0.472 e. The SMILES string of the molecule is CCCCCC/C=C\C=C/CCCCCCCC(=O)OC[C@H](COP(=O)(O)OC[C@@H](O)COP(=O)(O)OC[C@@H](COC(=O)CCCCCCCCC(C)CC)OC(=O)CCCCCCCCCCCCCCCCCC(C)C)OC(=O)CCCCCCCCCCC(C)C. The molecule has 0 rings (SSSR count). The van der Waals surface area contributed by atoms with Gasteiger partial charge in [0.05, 0.1) is 26.4 Å². The van der Waals surface area contributed by atoms with Gasteiger partial charge in [0, 0.05) is 25.7 Å². The number of hydrogen-bond acceptors (Lipinski definition) is 15. The van der Waals surface area contributed by atoms with Crippen molar-refractivity contribution in [2.24, 2.45) is 17.8 Å². The van der Waals surface area contributed by atoms with Crippen LogP contribution >= 0.6 is 15.6 Å². The summed E-state index contributed by atoms with van der Waals surface area (Å²) in [7, 11) is -9.92. The zero-order valence-corrected chi connectivity index (χ0v) is 62.7. The van der Waals surface area contributed by atoms with E-state index in [4.69, 9.17) is 37.0 Å². The van der Waals surface area contributed by atoms with Gasteiger partial charge in [-0.05, 0) is 69.1 Å². The van der Waals surface area contributed by atoms with Gasteiger partial charge in [-0.1, -0.05) is 304 Å². The van der Waals surface area contributed by atoms with E-state index in [-0.39, 0.29) is 25.7 Å². The molecule has 0 radical (unpaired) electrons. The van der Waals surface area contributed by atoms with E-state index in [9.17, 15) is 43.2 Å². The molecular formula is C75H142O17P2. The molecule has 0 fully saturated rings. The van der Waals surface area contributed by atoms with Gasteiger partial charge in [0.2, 0.25) is 0 Å². The molecule has 0 spiro atoms. The van der Waals surface area contributed by atoms with Gasteiger partial charge in [0.1, 0.15) is 19.3 Å². The number of allylic oxidation sites excluding steroid dienone is 4. The van der Waals surface area contributed by atoms with Crippen molar-refractivity contribution in [3.8, 4) is 0 Å². The topological polar surface area (TPSA) is 237 Å². The van der Waals surface area contributed by atoms with Crippen LogP contribution in [0, 0.1) is 17.8 Å². The van der Waals surface area contributed by atoms with Crippen molar-refractivity contribution in [1.82, 2.24) is 0 Å². The Hall–Kier alpha value is -2.46. The lowest BCUT2D eigenvalue weighted by molar-refractivity contribution is -0.161. The van der Waals surface area contributed by atoms with Crippen molar-refractivity contribution < 1.29 is 80.2 Å². The van der Waals surface area contributed by atoms with E-state index in [1.54, 1.807) is 0 Å². The lowest BCUT2D eigenvalue weighted by Gasteiger charge is -2.21. The van der Waals surface area contributed by atoms with Crippen LogP contribution < -0.4 is 0 Å². The number of rotatable bonds is 71. The summed E-state index contributed by atoms with van der Waals surface area (Å²) in [6.07, 6.45) is 53.6. The Balaban J connectivity index is 5.25. The van der Waals surface area contributed by atoms with E-state index >= 15 is 0 Å². The van der Waals surface area contributed by atoms with Gasteiger partial charge in [0.25, 0.3) is 0 Å². The van der Waals surface area contributed by atoms with Crippen molar-refractivity contribution in [1.29, 1.82) is 0 Å². The standard InChI is InChI=1S/C75H142O17P2/c1-8-10-11-12-13-14-15-16-18-22-25-28-34-42-49-56-72(77)85-62-70(92-75(80)59-52-45-36-31-30-33-40-47-54-67(5)6)64-89-93(81,82)87-60-69(76)61-88-94(83,84)90-65-71(63-86-73(78)57-50-43-38-37-41-48-55-68(7)9-2)91-74(79)58-51-44-35-29-26-23-20-17-19-21-24-27-32-39-46-53-66(3)4/h14-16,18,66-71,76H,8-13,17,19-65H2,1-7H3,(H,81,82)(H,83,84)/b15-14-,18-16-/t68?,69-,70-,71-/m1/s1. The second kappa shape index (κ2) is 65.2. The van der Waals surface area contributed by atoms with Crippen LogP contribution in [0.4, 0.5) is 0 Å². The molecule has 3 N–H and O–H groups in total. The first-order valence-corrected chi connectivity index (χ1v) is 41.2. The summed E-state index contributed by atoms with van der Waals surface area (Å²) in [5.74, 6) is 0.0927. The molecule has 0 aliphatic rings. The number of phosphoric acid groups is 2. The van der Waals surface area contributed by atoms with Gasteiger partial charge < -0.3 is 33.8 Å². The summed E-state index contributed by atoms with van der Waals surface area (Å²) in [4.78, 5) is 72.7. The number of ether oxygens (including phenoxy) is 4. The molecule has 554 valence electrons. The fraction of sp³-hybridized carbons (Fsp3) is 0.893. The molecule has 0 aromatic rings. The first-order chi connectivity index (χ1) is 45.3. The van der Waals surface area contributed by atoms with Crippen LogP contribution in [0.3, 0.4) is 0 Å². The predicted octanol–water partition coefficient (Wildman–Crippen LogP) is 21.3. The number of carbonyl (C=O) groups is 4. The van der Waals surface area contributed by atoms with E-state index < -0.39 is 97.5 Å². The Morgan fingerprint density at radius 3 is 0.947 bits per heavy atom. The highest BCUT2D eigenvalue weighted by Crippen LogP contribution is 2.45. The quantitative estimate of drug-likeness (QED) is 0.0169. The molecule has 0 heterocycles. The van der Waals surface area contributed by atoms with E-state index in [2.05, 4.69) is 72.8 Å². The average molecular weight is 1380 g/mol. The maximum atomic E-state index is 13.1. The summed E-state index contributed by atoms with van der Waals surface area (Å²) < 4.78 is 68.4. The zero-order chi connectivity index (χ0) is 69.4. The molecule has 0 aromatic heterocycles. The largest absolute Gasteiger partial charge is 0.472 e. The first-order valence-electron chi connectivity index (χ1n) is 38.2. The Bertz CT molecular complexity index is 1930. The van der Waals surface area contributed by atoms with Crippen molar-refractivity contribution in [3.05, 3.63) is 24.3 Å². The maximum absolute atomic E-state index is 13.1. The fourth-order valence-electron chi connectivity index (χ4n) is 10.9. The molecule has 0 amide bonds. The average Bonchev–Trinajstić information content (AvgIpc) is 2.06. The van der Waals surface area contributed by atoms with Gasteiger partial charge in [-0.25, -0.2) is 9.13 Å². The second-order valence-electron chi connectivity index (χ2n) is 27.5. The minimum Gasteiger partial charge on any atom is -0.462 e. The molecule has 19 heteroatoms. The lowest BCUT2D eigenvalue weighted by Crippen LogP contribution is -2.30. The highest BCUT2D eigenvalue weighted by molar-refractivity contribution is 7.47. The summed E-state index contributed by atoms with van der Waals surface area (Å²) in [5.41, 5.74) is 0. The molecule has 0 aliphatic carbocycles. The van der Waals surface area contributed by atoms with Crippen molar-refractivity contribution >= 4 is 39.5 Å². The van der Waals surface area contributed by atoms with Gasteiger partial charge in [-0.15, -0.1) is 0 Å². The normalized spacial score (nSPS) is 14.6. The van der Waals surface area contributed by atoms with Crippen molar-refractivity contribution in [3.63, 3.8) is 0 Å². The lowest BCUT2D eigenvalue weighted by atomic mass is 10.00. The summed E-state index contributed by atoms with van der Waals surface area (Å²) in [6, 6.07) is 0. The molecule has 17 nitrogen and oxygen atoms in total. The smallest absolute Gasteiger partial charge is 0.462 e. The fourth-order valence-corrected chi connectivity index (χ4v) is 12.4. The molecule has 0 saturated carbocycles. The Kier molecular flexibility index (Phi) is 63.5. The van der Waals surface area contributed by atoms with E-state index in [0.29, 0.717) is 31.6 Å². The van der Waals surface area contributed by atoms with Crippen LogP contribution in [-0.2, 0) is 65.4 Å². The van der Waals surface area contributed by atoms with E-state index in [1.807, 2.05) is 0 Å². The molecule has 0 bridgehead atoms. The molecule has 0 saturated heterocycles. The third kappa shape index (κ3) is 66.8. The molecular weight excluding hydrogens is 1230 g/mol. The van der Waals surface area contributed by atoms with Crippen LogP contribution in [0.25, 0.3) is 0 Å². The highest BCUT2D eigenvalue weighted by atomic mass is 31.2. The highest BCUT2D eigenvalue weighted by Gasteiger charge is 2.30. The summed E-state index contributed by atoms with van der Waals surface area (Å²) in [6.45, 7) is 11.8. The Labute approximate surface area is 573 Å². The number of aliphatic hydroxyl groups excluding tert-OH is 1. The Morgan fingerprint density at radius 2 is 0.628 bits per heavy atom. The number of esters is 4. The molecule has 0 aromatic carbocycles. The van der Waals surface area contributed by atoms with Gasteiger partial charge >= 0.3 is 39.5 Å². The number of carbonyl (C=O) groups excluding carboxylic acids is 4. The number of aliphatic hydroxyl groups is 1. The minimum absolute atomic E-state index is 0.0973. The molecule has 0 aliphatic heterocycles. The third-order valence-electron chi connectivity index (χ3n) is 17.1. The van der Waals surface area contributed by atoms with Crippen molar-refractivity contribution in [2.45, 2.75) is 375 Å². The van der Waals surface area contributed by atoms with Crippen LogP contribution in [0.15, 0.2) is 24.3 Å². The number of unbranched alkanes of at least 4 members (excludes halogenated alkanes) is 35. The number of phosphoric ester groups is 2. The van der Waals surface area contributed by atoms with Gasteiger partial charge in [0.15, 0.2) is 12.2 Å². The first kappa shape index (κ1) is 91.5. The molecule has 6 atom stereocenters. The molecule has 94 heavy (non-hydrogen) atoms. The van der Waals surface area contributed by atoms with Crippen LogP contribution in [0.2, 0.25) is 0 Å². The van der Waals surface area contributed by atoms with Gasteiger partial charge in [-0.2, -0.15) is 0 Å². The monoisotopic (exact) mass is 1380 g/mol. The number of hydrogen-bond donors (Lipinski definition) is 3. The molecule has 3 unspecified atom stereocenters. The van der Waals surface area contributed by atoms with Crippen LogP contribution in [0.5, 0.6) is 0 Å². The van der Waals surface area contributed by atoms with E-state index in [0.717, 1.165) is 127 Å². The van der Waals surface area contributed by atoms with E-state index in [1.165, 1.54) is 141 Å². The second-order valence-corrected chi connectivity index (χ2v) is 30.5. The predicted molar refractivity (Wildman–Crippen MR) is 381 cm³/mol. The third-order valence-corrected chi connectivity index (χ3v) is 19.0. The zero-order valence-electron chi connectivity index (χ0n) is 60.9.